The molecule has 1 saturated heterocycles. The molecule has 2 aromatic carbocycles. The predicted molar refractivity (Wildman–Crippen MR) is 125 cm³/mol. The van der Waals surface area contributed by atoms with Crippen molar-refractivity contribution in [2.45, 2.75) is 19.4 Å². The van der Waals surface area contributed by atoms with Gasteiger partial charge < -0.3 is 19.8 Å². The van der Waals surface area contributed by atoms with Crippen LogP contribution in [0.2, 0.25) is 0 Å². The molecule has 2 N–H and O–H groups in total. The highest BCUT2D eigenvalue weighted by molar-refractivity contribution is 6.10. The maximum Gasteiger partial charge on any atom is 0.330 e. The van der Waals surface area contributed by atoms with E-state index in [2.05, 4.69) is 10.6 Å². The first kappa shape index (κ1) is 22.8. The quantitative estimate of drug-likeness (QED) is 0.316. The van der Waals surface area contributed by atoms with Crippen LogP contribution in [0.3, 0.4) is 0 Å². The fourth-order valence-corrected chi connectivity index (χ4v) is 3.61. The molecule has 4 rings (SSSR count). The third-order valence-corrected chi connectivity index (χ3v) is 5.39. The van der Waals surface area contributed by atoms with E-state index in [1.807, 2.05) is 18.2 Å². The van der Waals surface area contributed by atoms with Crippen molar-refractivity contribution in [2.75, 3.05) is 18.5 Å². The number of esters is 1. The summed E-state index contributed by atoms with van der Waals surface area (Å²) in [4.78, 5) is 50.4. The van der Waals surface area contributed by atoms with Crippen LogP contribution in [0, 0.1) is 0 Å². The number of carbonyl (C=O) groups excluding carboxylic acids is 4. The van der Waals surface area contributed by atoms with Crippen molar-refractivity contribution in [3.05, 3.63) is 72.0 Å². The fourth-order valence-electron chi connectivity index (χ4n) is 3.61. The summed E-state index contributed by atoms with van der Waals surface area (Å²) in [5, 5.41) is 6.10. The Morgan fingerprint density at radius 1 is 1.15 bits per heavy atom. The Kier molecular flexibility index (Phi) is 6.18. The van der Waals surface area contributed by atoms with E-state index >= 15 is 0 Å². The Bertz CT molecular complexity index is 1260. The number of hydrogen-bond donors (Lipinski definition) is 2. The van der Waals surface area contributed by atoms with E-state index in [0.29, 0.717) is 23.6 Å². The number of imide groups is 1. The van der Waals surface area contributed by atoms with Crippen molar-refractivity contribution < 1.29 is 28.3 Å². The average Bonchev–Trinajstić information content (AvgIpc) is 3.35. The Morgan fingerprint density at radius 3 is 2.59 bits per heavy atom. The monoisotopic (exact) mass is 461 g/mol. The summed E-state index contributed by atoms with van der Waals surface area (Å²) in [6.07, 6.45) is 2.91. The van der Waals surface area contributed by atoms with Crippen molar-refractivity contribution in [1.29, 1.82) is 0 Å². The van der Waals surface area contributed by atoms with Gasteiger partial charge in [-0.2, -0.15) is 0 Å². The molecule has 1 unspecified atom stereocenters. The number of nitrogens with zero attached hydrogens (tertiary/aromatic N) is 1. The highest BCUT2D eigenvalue weighted by Gasteiger charge is 2.51. The molecular weight excluding hydrogens is 438 g/mol. The van der Waals surface area contributed by atoms with Crippen LogP contribution in [0.1, 0.15) is 25.2 Å². The fraction of sp³-hybridized carbons (Fsp3) is 0.200. The summed E-state index contributed by atoms with van der Waals surface area (Å²) in [7, 11) is 0. The molecule has 9 heteroatoms. The van der Waals surface area contributed by atoms with Gasteiger partial charge in [-0.15, -0.1) is 0 Å². The molecule has 2 heterocycles. The van der Waals surface area contributed by atoms with E-state index in [1.165, 1.54) is 6.08 Å². The van der Waals surface area contributed by atoms with Crippen molar-refractivity contribution in [1.82, 2.24) is 10.2 Å². The number of fused-ring (bicyclic) bond motifs is 1. The molecule has 1 aromatic heterocycles. The van der Waals surface area contributed by atoms with Crippen LogP contribution in [-0.4, -0.2) is 41.9 Å². The SMILES string of the molecule is CCOC(=O)/C=C/c1ccc(NC(=O)CN2C(=O)NC(C)(c3cc4ccccc4o3)C2=O)cc1. The first-order valence-electron chi connectivity index (χ1n) is 10.7. The molecule has 9 nitrogen and oxygen atoms in total. The van der Waals surface area contributed by atoms with Crippen molar-refractivity contribution in [2.24, 2.45) is 0 Å². The predicted octanol–water partition coefficient (Wildman–Crippen LogP) is 3.41. The second-order valence-corrected chi connectivity index (χ2v) is 7.85. The number of furan rings is 1. The van der Waals surface area contributed by atoms with Crippen molar-refractivity contribution >= 4 is 46.5 Å². The smallest absolute Gasteiger partial charge is 0.330 e. The molecule has 0 spiro atoms. The summed E-state index contributed by atoms with van der Waals surface area (Å²) in [5.41, 5.74) is 0.396. The third-order valence-electron chi connectivity index (χ3n) is 5.39. The largest absolute Gasteiger partial charge is 0.463 e. The number of benzene rings is 2. The molecule has 1 aliphatic heterocycles. The zero-order valence-electron chi connectivity index (χ0n) is 18.7. The van der Waals surface area contributed by atoms with E-state index in [0.717, 1.165) is 15.8 Å². The summed E-state index contributed by atoms with van der Waals surface area (Å²) in [5.74, 6) is -1.26. The van der Waals surface area contributed by atoms with Crippen LogP contribution >= 0.6 is 0 Å². The number of carbonyl (C=O) groups is 4. The number of ether oxygens (including phenoxy) is 1. The van der Waals surface area contributed by atoms with E-state index < -0.39 is 35.9 Å². The van der Waals surface area contributed by atoms with Crippen LogP contribution in [0.4, 0.5) is 10.5 Å². The Balaban J connectivity index is 1.40. The molecule has 4 amide bonds. The number of para-hydroxylation sites is 1. The highest BCUT2D eigenvalue weighted by Crippen LogP contribution is 2.33. The molecule has 3 aromatic rings. The maximum atomic E-state index is 13.1. The van der Waals surface area contributed by atoms with Crippen LogP contribution in [0.25, 0.3) is 17.0 Å². The van der Waals surface area contributed by atoms with Crippen molar-refractivity contribution in [3.8, 4) is 0 Å². The van der Waals surface area contributed by atoms with Gasteiger partial charge in [-0.05, 0) is 49.8 Å². The standard InChI is InChI=1S/C25H23N3O6/c1-3-33-22(30)13-10-16-8-11-18(12-9-16)26-21(29)15-28-23(31)25(2,27-24(28)32)20-14-17-6-4-5-7-19(17)34-20/h4-14H,3,15H2,1-2H3,(H,26,29)(H,27,32)/b13-10+. The molecule has 34 heavy (non-hydrogen) atoms. The van der Waals surface area contributed by atoms with Gasteiger partial charge >= 0.3 is 12.0 Å². The second-order valence-electron chi connectivity index (χ2n) is 7.85. The summed E-state index contributed by atoms with van der Waals surface area (Å²) < 4.78 is 10.6. The van der Waals surface area contributed by atoms with Gasteiger partial charge in [0.15, 0.2) is 5.54 Å². The molecule has 0 bridgehead atoms. The van der Waals surface area contributed by atoms with Gasteiger partial charge in [-0.3, -0.25) is 14.5 Å². The molecule has 0 saturated carbocycles. The zero-order valence-corrected chi connectivity index (χ0v) is 18.7. The minimum atomic E-state index is -1.41. The molecule has 1 aliphatic rings. The van der Waals surface area contributed by atoms with Gasteiger partial charge in [0.25, 0.3) is 5.91 Å². The lowest BCUT2D eigenvalue weighted by Gasteiger charge is -2.18. The lowest BCUT2D eigenvalue weighted by Crippen LogP contribution is -2.41. The zero-order chi connectivity index (χ0) is 24.3. The first-order valence-corrected chi connectivity index (χ1v) is 10.7. The Hall–Kier alpha value is -4.40. The van der Waals surface area contributed by atoms with Crippen LogP contribution in [0.5, 0.6) is 0 Å². The Labute approximate surface area is 195 Å². The number of amides is 4. The Morgan fingerprint density at radius 2 is 1.88 bits per heavy atom. The molecule has 1 fully saturated rings. The third kappa shape index (κ3) is 4.54. The van der Waals surface area contributed by atoms with Gasteiger partial charge in [0.05, 0.1) is 6.61 Å². The van der Waals surface area contributed by atoms with Gasteiger partial charge in [-0.25, -0.2) is 9.59 Å². The lowest BCUT2D eigenvalue weighted by atomic mass is 9.99. The van der Waals surface area contributed by atoms with E-state index in [9.17, 15) is 19.2 Å². The van der Waals surface area contributed by atoms with Crippen LogP contribution in [0.15, 0.2) is 65.1 Å². The first-order chi connectivity index (χ1) is 16.3. The number of nitrogens with one attached hydrogen (secondary N) is 2. The minimum Gasteiger partial charge on any atom is -0.463 e. The normalized spacial score (nSPS) is 17.9. The van der Waals surface area contributed by atoms with Gasteiger partial charge in [0, 0.05) is 17.1 Å². The number of urea groups is 1. The highest BCUT2D eigenvalue weighted by atomic mass is 16.5. The topological polar surface area (TPSA) is 118 Å². The van der Waals surface area contributed by atoms with Gasteiger partial charge in [0.2, 0.25) is 5.91 Å². The number of rotatable bonds is 7. The van der Waals surface area contributed by atoms with E-state index in [4.69, 9.17) is 9.15 Å². The minimum absolute atomic E-state index is 0.293. The molecule has 0 aliphatic carbocycles. The van der Waals surface area contributed by atoms with E-state index in [1.54, 1.807) is 56.3 Å². The van der Waals surface area contributed by atoms with Crippen LogP contribution < -0.4 is 10.6 Å². The summed E-state index contributed by atoms with van der Waals surface area (Å²) in [6.45, 7) is 3.11. The number of anilines is 1. The van der Waals surface area contributed by atoms with E-state index in [-0.39, 0.29) is 0 Å². The van der Waals surface area contributed by atoms with Gasteiger partial charge in [0.1, 0.15) is 17.9 Å². The van der Waals surface area contributed by atoms with Gasteiger partial charge in [-0.1, -0.05) is 30.3 Å². The average molecular weight is 461 g/mol. The lowest BCUT2D eigenvalue weighted by molar-refractivity contribution is -0.137. The van der Waals surface area contributed by atoms with Crippen LogP contribution in [-0.2, 0) is 24.7 Å². The molecule has 1 atom stereocenters. The number of hydrogen-bond acceptors (Lipinski definition) is 6. The summed E-state index contributed by atoms with van der Waals surface area (Å²) in [6, 6.07) is 15.0. The molecule has 0 radical (unpaired) electrons. The second kappa shape index (κ2) is 9.22. The molecular formula is C25H23N3O6. The van der Waals surface area contributed by atoms with Crippen molar-refractivity contribution in [3.63, 3.8) is 0 Å². The molecule has 174 valence electrons. The summed E-state index contributed by atoms with van der Waals surface area (Å²) >= 11 is 0. The maximum absolute atomic E-state index is 13.1.